The first kappa shape index (κ1) is 17.6. The highest BCUT2D eigenvalue weighted by molar-refractivity contribution is 7.09. The number of aliphatic hydroxyl groups is 1. The summed E-state index contributed by atoms with van der Waals surface area (Å²) < 4.78 is 0. The molecular weight excluding hydrogens is 316 g/mol. The molecule has 0 radical (unpaired) electrons. The molecule has 0 amide bonds. The largest absolute Gasteiger partial charge is 0.396 e. The van der Waals surface area contributed by atoms with E-state index in [1.54, 1.807) is 0 Å². The van der Waals surface area contributed by atoms with Crippen molar-refractivity contribution in [2.75, 3.05) is 32.8 Å². The lowest BCUT2D eigenvalue weighted by Crippen LogP contribution is -2.53. The number of hydrogen-bond donors (Lipinski definition) is 1. The van der Waals surface area contributed by atoms with Crippen LogP contribution in [0.3, 0.4) is 0 Å². The molecule has 4 heteroatoms. The molecule has 1 aliphatic heterocycles. The van der Waals surface area contributed by atoms with Gasteiger partial charge < -0.3 is 10.0 Å². The van der Waals surface area contributed by atoms with E-state index in [2.05, 4.69) is 57.6 Å². The smallest absolute Gasteiger partial charge is 0.0446 e. The standard InChI is InChI=1S/C20H28N2OS/c23-14-10-19-16-21(11-4-8-18-6-2-1-3-7-18)12-13-22(19)17-20-9-5-15-24-20/h1-3,5-7,9,15,19,23H,4,8,10-14,16-17H2/t19-/m0/s1. The summed E-state index contributed by atoms with van der Waals surface area (Å²) in [6.07, 6.45) is 3.24. The number of aryl methyl sites for hydroxylation is 1. The van der Waals surface area contributed by atoms with Crippen LogP contribution in [-0.4, -0.2) is 53.7 Å². The van der Waals surface area contributed by atoms with Gasteiger partial charge in [-0.1, -0.05) is 36.4 Å². The minimum Gasteiger partial charge on any atom is -0.396 e. The Morgan fingerprint density at radius 1 is 1.08 bits per heavy atom. The fraction of sp³-hybridized carbons (Fsp3) is 0.500. The molecule has 3 rings (SSSR count). The van der Waals surface area contributed by atoms with Crippen LogP contribution in [0, 0.1) is 0 Å². The molecule has 2 aromatic rings. The molecule has 1 fully saturated rings. The molecule has 1 N–H and O–H groups in total. The van der Waals surface area contributed by atoms with Gasteiger partial charge in [0.05, 0.1) is 0 Å². The van der Waals surface area contributed by atoms with Gasteiger partial charge in [-0.25, -0.2) is 0 Å². The van der Waals surface area contributed by atoms with Gasteiger partial charge in [-0.3, -0.25) is 4.90 Å². The van der Waals surface area contributed by atoms with Crippen LogP contribution in [0.4, 0.5) is 0 Å². The summed E-state index contributed by atoms with van der Waals surface area (Å²) in [5.41, 5.74) is 1.43. The van der Waals surface area contributed by atoms with Crippen LogP contribution in [0.5, 0.6) is 0 Å². The van der Waals surface area contributed by atoms with Crippen LogP contribution in [0.1, 0.15) is 23.3 Å². The summed E-state index contributed by atoms with van der Waals surface area (Å²) in [5.74, 6) is 0. The summed E-state index contributed by atoms with van der Waals surface area (Å²) in [7, 11) is 0. The predicted octanol–water partition coefficient (Wildman–Crippen LogP) is 3.25. The first-order valence-corrected chi connectivity index (χ1v) is 9.86. The summed E-state index contributed by atoms with van der Waals surface area (Å²) in [4.78, 5) is 6.56. The van der Waals surface area contributed by atoms with Crippen LogP contribution < -0.4 is 0 Å². The Labute approximate surface area is 149 Å². The number of aliphatic hydroxyl groups excluding tert-OH is 1. The Hall–Kier alpha value is -1.20. The van der Waals surface area contributed by atoms with E-state index in [4.69, 9.17) is 0 Å². The Bertz CT molecular complexity index is 573. The molecule has 2 heterocycles. The van der Waals surface area contributed by atoms with Crippen LogP contribution in [0.2, 0.25) is 0 Å². The monoisotopic (exact) mass is 344 g/mol. The van der Waals surface area contributed by atoms with Gasteiger partial charge in [-0.2, -0.15) is 0 Å². The summed E-state index contributed by atoms with van der Waals surface area (Å²) in [5, 5.41) is 11.6. The van der Waals surface area contributed by atoms with E-state index in [1.165, 1.54) is 16.9 Å². The zero-order valence-corrected chi connectivity index (χ0v) is 15.1. The predicted molar refractivity (Wildman–Crippen MR) is 101 cm³/mol. The van der Waals surface area contributed by atoms with Gasteiger partial charge in [0.15, 0.2) is 0 Å². The van der Waals surface area contributed by atoms with E-state index < -0.39 is 0 Å². The highest BCUT2D eigenvalue weighted by atomic mass is 32.1. The van der Waals surface area contributed by atoms with E-state index in [0.29, 0.717) is 6.04 Å². The summed E-state index contributed by atoms with van der Waals surface area (Å²) in [6, 6.07) is 15.6. The normalized spacial score (nSPS) is 19.6. The van der Waals surface area contributed by atoms with Crippen molar-refractivity contribution in [3.63, 3.8) is 0 Å². The molecule has 0 unspecified atom stereocenters. The Kier molecular flexibility index (Phi) is 6.85. The lowest BCUT2D eigenvalue weighted by Gasteiger charge is -2.41. The number of benzene rings is 1. The zero-order valence-electron chi connectivity index (χ0n) is 14.3. The van der Waals surface area contributed by atoms with Gasteiger partial charge in [0, 0.05) is 43.7 Å². The molecule has 0 saturated carbocycles. The van der Waals surface area contributed by atoms with Gasteiger partial charge in [0.1, 0.15) is 0 Å². The number of rotatable bonds is 8. The molecule has 1 aromatic carbocycles. The van der Waals surface area contributed by atoms with E-state index in [0.717, 1.165) is 45.6 Å². The van der Waals surface area contributed by atoms with Crippen LogP contribution in [-0.2, 0) is 13.0 Å². The minimum absolute atomic E-state index is 0.281. The number of thiophene rings is 1. The van der Waals surface area contributed by atoms with Crippen molar-refractivity contribution in [2.45, 2.75) is 31.8 Å². The molecular formula is C20H28N2OS. The third kappa shape index (κ3) is 5.15. The first-order valence-electron chi connectivity index (χ1n) is 8.99. The SMILES string of the molecule is OCC[C@H]1CN(CCCc2ccccc2)CCN1Cc1cccs1. The molecule has 24 heavy (non-hydrogen) atoms. The third-order valence-electron chi connectivity index (χ3n) is 4.87. The molecule has 130 valence electrons. The highest BCUT2D eigenvalue weighted by Gasteiger charge is 2.26. The Morgan fingerprint density at radius 2 is 1.96 bits per heavy atom. The maximum absolute atomic E-state index is 9.43. The van der Waals surface area contributed by atoms with E-state index in [-0.39, 0.29) is 6.61 Å². The van der Waals surface area contributed by atoms with Gasteiger partial charge in [-0.15, -0.1) is 11.3 Å². The third-order valence-corrected chi connectivity index (χ3v) is 5.73. The second kappa shape index (κ2) is 9.33. The molecule has 1 aliphatic rings. The van der Waals surface area contributed by atoms with Crippen molar-refractivity contribution in [2.24, 2.45) is 0 Å². The average molecular weight is 345 g/mol. The van der Waals surface area contributed by atoms with Crippen molar-refractivity contribution in [1.82, 2.24) is 9.80 Å². The zero-order chi connectivity index (χ0) is 16.6. The molecule has 3 nitrogen and oxygen atoms in total. The van der Waals surface area contributed by atoms with Crippen LogP contribution in [0.25, 0.3) is 0 Å². The maximum atomic E-state index is 9.43. The van der Waals surface area contributed by atoms with Crippen molar-refractivity contribution in [1.29, 1.82) is 0 Å². The fourth-order valence-electron chi connectivity index (χ4n) is 3.55. The molecule has 0 spiro atoms. The number of piperazine rings is 1. The lowest BCUT2D eigenvalue weighted by molar-refractivity contribution is 0.0540. The van der Waals surface area contributed by atoms with E-state index in [9.17, 15) is 5.11 Å². The first-order chi connectivity index (χ1) is 11.8. The maximum Gasteiger partial charge on any atom is 0.0446 e. The minimum atomic E-state index is 0.281. The molecule has 1 atom stereocenters. The van der Waals surface area contributed by atoms with Gasteiger partial charge in [-0.05, 0) is 42.8 Å². The van der Waals surface area contributed by atoms with Gasteiger partial charge in [0.25, 0.3) is 0 Å². The number of nitrogens with zero attached hydrogens (tertiary/aromatic N) is 2. The second-order valence-corrected chi connectivity index (χ2v) is 7.64. The average Bonchev–Trinajstić information content (AvgIpc) is 3.11. The highest BCUT2D eigenvalue weighted by Crippen LogP contribution is 2.19. The topological polar surface area (TPSA) is 26.7 Å². The lowest BCUT2D eigenvalue weighted by atomic mass is 10.1. The fourth-order valence-corrected chi connectivity index (χ4v) is 4.27. The second-order valence-electron chi connectivity index (χ2n) is 6.61. The summed E-state index contributed by atoms with van der Waals surface area (Å²) in [6.45, 7) is 5.80. The Morgan fingerprint density at radius 3 is 2.71 bits per heavy atom. The summed E-state index contributed by atoms with van der Waals surface area (Å²) >= 11 is 1.83. The molecule has 1 aromatic heterocycles. The number of hydrogen-bond acceptors (Lipinski definition) is 4. The van der Waals surface area contributed by atoms with E-state index >= 15 is 0 Å². The van der Waals surface area contributed by atoms with Crippen molar-refractivity contribution >= 4 is 11.3 Å². The van der Waals surface area contributed by atoms with Crippen molar-refractivity contribution in [3.8, 4) is 0 Å². The van der Waals surface area contributed by atoms with Crippen LogP contribution in [0.15, 0.2) is 47.8 Å². The molecule has 0 bridgehead atoms. The van der Waals surface area contributed by atoms with E-state index in [1.807, 2.05) is 11.3 Å². The van der Waals surface area contributed by atoms with Crippen LogP contribution >= 0.6 is 11.3 Å². The van der Waals surface area contributed by atoms with Gasteiger partial charge >= 0.3 is 0 Å². The van der Waals surface area contributed by atoms with Crippen molar-refractivity contribution < 1.29 is 5.11 Å². The van der Waals surface area contributed by atoms with Crippen molar-refractivity contribution in [3.05, 3.63) is 58.3 Å². The van der Waals surface area contributed by atoms with Gasteiger partial charge in [0.2, 0.25) is 0 Å². The quantitative estimate of drug-likeness (QED) is 0.796. The molecule has 0 aliphatic carbocycles. The molecule has 1 saturated heterocycles. The Balaban J connectivity index is 1.47.